The largest absolute Gasteiger partial charge is 0.380 e. The van der Waals surface area contributed by atoms with E-state index >= 15 is 0 Å². The second-order valence-electron chi connectivity index (χ2n) is 4.02. The molecule has 2 nitrogen and oxygen atoms in total. The Morgan fingerprint density at radius 1 is 1.62 bits per heavy atom. The summed E-state index contributed by atoms with van der Waals surface area (Å²) in [5, 5.41) is 3.59. The molecule has 1 rings (SSSR count). The number of hydrogen-bond donors (Lipinski definition) is 1. The molecule has 0 aromatic rings. The summed E-state index contributed by atoms with van der Waals surface area (Å²) in [6.07, 6.45) is 4.24. The third-order valence-electron chi connectivity index (χ3n) is 2.82. The highest BCUT2D eigenvalue weighted by Gasteiger charge is 2.19. The van der Waals surface area contributed by atoms with Crippen molar-refractivity contribution < 1.29 is 4.74 Å². The second kappa shape index (κ2) is 5.40. The minimum Gasteiger partial charge on any atom is -0.380 e. The minimum absolute atomic E-state index is 0.560. The molecule has 1 saturated heterocycles. The number of allylic oxidation sites excluding steroid dienone is 1. The molecule has 1 fully saturated rings. The van der Waals surface area contributed by atoms with Crippen LogP contribution >= 0.6 is 0 Å². The summed E-state index contributed by atoms with van der Waals surface area (Å²) in [6, 6.07) is 1.13. The fourth-order valence-corrected chi connectivity index (χ4v) is 1.67. The van der Waals surface area contributed by atoms with E-state index in [1.807, 2.05) is 6.08 Å². The molecule has 0 saturated carbocycles. The quantitative estimate of drug-likeness (QED) is 0.658. The monoisotopic (exact) mass is 183 g/mol. The van der Waals surface area contributed by atoms with Gasteiger partial charge in [-0.15, -0.1) is 6.58 Å². The van der Waals surface area contributed by atoms with E-state index in [4.69, 9.17) is 4.74 Å². The third kappa shape index (κ3) is 3.49. The Kier molecular flexibility index (Phi) is 4.46. The van der Waals surface area contributed by atoms with Crippen molar-refractivity contribution in [3.63, 3.8) is 0 Å². The third-order valence-corrected chi connectivity index (χ3v) is 2.82. The topological polar surface area (TPSA) is 21.3 Å². The fraction of sp³-hybridized carbons (Fsp3) is 0.818. The van der Waals surface area contributed by atoms with Crippen LogP contribution in [0.1, 0.15) is 26.7 Å². The summed E-state index contributed by atoms with van der Waals surface area (Å²) in [5.41, 5.74) is 0. The summed E-state index contributed by atoms with van der Waals surface area (Å²) in [5.74, 6) is 0.665. The van der Waals surface area contributed by atoms with Gasteiger partial charge in [-0.25, -0.2) is 0 Å². The van der Waals surface area contributed by atoms with Gasteiger partial charge in [0, 0.05) is 18.7 Å². The van der Waals surface area contributed by atoms with Crippen molar-refractivity contribution in [2.45, 2.75) is 38.8 Å². The molecule has 0 spiro atoms. The maximum absolute atomic E-state index is 5.32. The van der Waals surface area contributed by atoms with Gasteiger partial charge in [0.15, 0.2) is 0 Å². The minimum atomic E-state index is 0.560. The Bertz CT molecular complexity index is 152. The maximum Gasteiger partial charge on any atom is 0.0620 e. The molecule has 1 aliphatic rings. The van der Waals surface area contributed by atoms with Crippen molar-refractivity contribution in [3.05, 3.63) is 12.7 Å². The molecule has 0 aliphatic carbocycles. The summed E-state index contributed by atoms with van der Waals surface area (Å²) in [6.45, 7) is 10.1. The maximum atomic E-state index is 5.32. The van der Waals surface area contributed by atoms with Crippen molar-refractivity contribution in [1.82, 2.24) is 5.32 Å². The Labute approximate surface area is 81.4 Å². The lowest BCUT2D eigenvalue weighted by Gasteiger charge is -2.23. The zero-order chi connectivity index (χ0) is 9.68. The molecule has 0 amide bonds. The molecule has 1 aliphatic heterocycles. The van der Waals surface area contributed by atoms with Crippen LogP contribution in [0.25, 0.3) is 0 Å². The van der Waals surface area contributed by atoms with E-state index in [-0.39, 0.29) is 0 Å². The van der Waals surface area contributed by atoms with Crippen LogP contribution in [0.5, 0.6) is 0 Å². The standard InChI is InChI=1S/C11H21NO/c1-4-5-9(2)10(3)12-11-6-7-13-8-11/h4,9-12H,1,5-8H2,2-3H3. The van der Waals surface area contributed by atoms with E-state index in [0.717, 1.165) is 26.1 Å². The first kappa shape index (κ1) is 10.7. The van der Waals surface area contributed by atoms with Gasteiger partial charge >= 0.3 is 0 Å². The second-order valence-corrected chi connectivity index (χ2v) is 4.02. The summed E-state index contributed by atoms with van der Waals surface area (Å²) in [7, 11) is 0. The first-order valence-electron chi connectivity index (χ1n) is 5.18. The molecular formula is C11H21NO. The SMILES string of the molecule is C=CCC(C)C(C)NC1CCOC1. The Morgan fingerprint density at radius 2 is 2.38 bits per heavy atom. The lowest BCUT2D eigenvalue weighted by atomic mass is 9.99. The molecule has 0 aromatic carbocycles. The van der Waals surface area contributed by atoms with Crippen molar-refractivity contribution in [3.8, 4) is 0 Å². The van der Waals surface area contributed by atoms with Gasteiger partial charge in [0.25, 0.3) is 0 Å². The Morgan fingerprint density at radius 3 is 2.92 bits per heavy atom. The van der Waals surface area contributed by atoms with E-state index in [9.17, 15) is 0 Å². The van der Waals surface area contributed by atoms with Crippen molar-refractivity contribution in [1.29, 1.82) is 0 Å². The van der Waals surface area contributed by atoms with Gasteiger partial charge < -0.3 is 10.1 Å². The van der Waals surface area contributed by atoms with Crippen LogP contribution in [-0.4, -0.2) is 25.3 Å². The average molecular weight is 183 g/mol. The highest BCUT2D eigenvalue weighted by molar-refractivity contribution is 4.81. The molecule has 2 heteroatoms. The van der Waals surface area contributed by atoms with Gasteiger partial charge in [-0.2, -0.15) is 0 Å². The van der Waals surface area contributed by atoms with Gasteiger partial charge in [-0.05, 0) is 25.7 Å². The lowest BCUT2D eigenvalue weighted by Crippen LogP contribution is -2.40. The van der Waals surface area contributed by atoms with Crippen LogP contribution in [0.3, 0.4) is 0 Å². The number of nitrogens with one attached hydrogen (secondary N) is 1. The predicted octanol–water partition coefficient (Wildman–Crippen LogP) is 1.97. The van der Waals surface area contributed by atoms with Gasteiger partial charge in [0.2, 0.25) is 0 Å². The molecule has 13 heavy (non-hydrogen) atoms. The molecule has 0 aromatic heterocycles. The zero-order valence-electron chi connectivity index (χ0n) is 8.75. The first-order valence-corrected chi connectivity index (χ1v) is 5.18. The van der Waals surface area contributed by atoms with E-state index in [2.05, 4.69) is 25.7 Å². The van der Waals surface area contributed by atoms with Crippen LogP contribution in [0, 0.1) is 5.92 Å². The molecule has 3 unspecified atom stereocenters. The smallest absolute Gasteiger partial charge is 0.0620 e. The Balaban J connectivity index is 2.21. The first-order chi connectivity index (χ1) is 6.24. The van der Waals surface area contributed by atoms with Crippen LogP contribution in [-0.2, 0) is 4.74 Å². The number of rotatable bonds is 5. The molecule has 0 bridgehead atoms. The number of hydrogen-bond acceptors (Lipinski definition) is 2. The predicted molar refractivity (Wildman–Crippen MR) is 55.8 cm³/mol. The zero-order valence-corrected chi connectivity index (χ0v) is 8.75. The molecule has 3 atom stereocenters. The highest BCUT2D eigenvalue weighted by atomic mass is 16.5. The van der Waals surface area contributed by atoms with E-state index in [1.54, 1.807) is 0 Å². The van der Waals surface area contributed by atoms with E-state index in [0.29, 0.717) is 18.0 Å². The molecular weight excluding hydrogens is 162 g/mol. The van der Waals surface area contributed by atoms with Crippen LogP contribution in [0.2, 0.25) is 0 Å². The molecule has 1 heterocycles. The average Bonchev–Trinajstić information content (AvgIpc) is 2.57. The molecule has 0 radical (unpaired) electrons. The van der Waals surface area contributed by atoms with Gasteiger partial charge in [-0.1, -0.05) is 13.0 Å². The fourth-order valence-electron chi connectivity index (χ4n) is 1.67. The van der Waals surface area contributed by atoms with Gasteiger partial charge in [0.05, 0.1) is 6.61 Å². The van der Waals surface area contributed by atoms with Crippen LogP contribution < -0.4 is 5.32 Å². The van der Waals surface area contributed by atoms with E-state index in [1.165, 1.54) is 0 Å². The van der Waals surface area contributed by atoms with Crippen LogP contribution in [0.15, 0.2) is 12.7 Å². The molecule has 76 valence electrons. The Hall–Kier alpha value is -0.340. The normalized spacial score (nSPS) is 27.1. The molecule has 1 N–H and O–H groups in total. The number of ether oxygens (including phenoxy) is 1. The van der Waals surface area contributed by atoms with Crippen LogP contribution in [0.4, 0.5) is 0 Å². The highest BCUT2D eigenvalue weighted by Crippen LogP contribution is 2.11. The summed E-state index contributed by atoms with van der Waals surface area (Å²) < 4.78 is 5.32. The summed E-state index contributed by atoms with van der Waals surface area (Å²) in [4.78, 5) is 0. The van der Waals surface area contributed by atoms with E-state index < -0.39 is 0 Å². The van der Waals surface area contributed by atoms with Gasteiger partial charge in [0.1, 0.15) is 0 Å². The summed E-state index contributed by atoms with van der Waals surface area (Å²) >= 11 is 0. The lowest BCUT2D eigenvalue weighted by molar-refractivity contribution is 0.186. The van der Waals surface area contributed by atoms with Crippen molar-refractivity contribution >= 4 is 0 Å². The van der Waals surface area contributed by atoms with Gasteiger partial charge in [-0.3, -0.25) is 0 Å². The van der Waals surface area contributed by atoms with Crippen molar-refractivity contribution in [2.75, 3.05) is 13.2 Å². The van der Waals surface area contributed by atoms with Crippen molar-refractivity contribution in [2.24, 2.45) is 5.92 Å².